The minimum absolute atomic E-state index is 0.0811. The molecule has 0 radical (unpaired) electrons. The van der Waals surface area contributed by atoms with Gasteiger partial charge < -0.3 is 14.5 Å². The Hall–Kier alpha value is -2.77. The van der Waals surface area contributed by atoms with Gasteiger partial charge in [-0.1, -0.05) is 17.7 Å². The molecular formula is C22H20N2O3S2. The standard InChI is InChI=1S/C22H20N2O3S2/c1-3-26-16-6-9-19-15(10-16)11-20(27-19)18-12-29-22(23-18)24-21(25)13-28-17-7-4-14(2)5-8-17/h4-12H,3,13H2,1-2H3,(H,23,24,25). The lowest BCUT2D eigenvalue weighted by molar-refractivity contribution is -0.113. The van der Waals surface area contributed by atoms with E-state index < -0.39 is 0 Å². The number of hydrogen-bond acceptors (Lipinski definition) is 6. The molecule has 5 nitrogen and oxygen atoms in total. The first-order chi connectivity index (χ1) is 14.1. The summed E-state index contributed by atoms with van der Waals surface area (Å²) in [4.78, 5) is 17.8. The number of amides is 1. The molecule has 0 spiro atoms. The number of aryl methyl sites for hydroxylation is 1. The van der Waals surface area contributed by atoms with Crippen molar-refractivity contribution in [3.05, 3.63) is 59.5 Å². The Kier molecular flexibility index (Phi) is 5.87. The number of aromatic nitrogens is 1. The highest BCUT2D eigenvalue weighted by molar-refractivity contribution is 8.00. The molecule has 1 amide bonds. The molecule has 0 saturated heterocycles. The molecule has 4 aromatic rings. The second-order valence-corrected chi connectivity index (χ2v) is 8.34. The number of rotatable bonds is 7. The van der Waals surface area contributed by atoms with E-state index in [1.807, 2.05) is 67.8 Å². The Morgan fingerprint density at radius 3 is 2.83 bits per heavy atom. The molecule has 29 heavy (non-hydrogen) atoms. The van der Waals surface area contributed by atoms with E-state index in [0.29, 0.717) is 28.9 Å². The Morgan fingerprint density at radius 1 is 1.21 bits per heavy atom. The SMILES string of the molecule is CCOc1ccc2oc(-c3csc(NC(=O)CSc4ccc(C)cc4)n3)cc2c1. The molecule has 0 saturated carbocycles. The molecule has 4 rings (SSSR count). The van der Waals surface area contributed by atoms with Crippen LogP contribution >= 0.6 is 23.1 Å². The van der Waals surface area contributed by atoms with Gasteiger partial charge in [0.25, 0.3) is 0 Å². The van der Waals surface area contributed by atoms with E-state index in [-0.39, 0.29) is 5.91 Å². The van der Waals surface area contributed by atoms with Gasteiger partial charge in [0.1, 0.15) is 17.0 Å². The molecule has 148 valence electrons. The summed E-state index contributed by atoms with van der Waals surface area (Å²) in [6.07, 6.45) is 0. The number of ether oxygens (including phenoxy) is 1. The molecule has 0 aliphatic rings. The zero-order valence-electron chi connectivity index (χ0n) is 16.1. The molecule has 0 aliphatic heterocycles. The van der Waals surface area contributed by atoms with Crippen LogP contribution in [0.4, 0.5) is 5.13 Å². The topological polar surface area (TPSA) is 64.4 Å². The van der Waals surface area contributed by atoms with Crippen molar-refractivity contribution >= 4 is 45.1 Å². The number of carbonyl (C=O) groups excluding carboxylic acids is 1. The molecule has 7 heteroatoms. The zero-order valence-corrected chi connectivity index (χ0v) is 17.7. The summed E-state index contributed by atoms with van der Waals surface area (Å²) in [7, 11) is 0. The van der Waals surface area contributed by atoms with Gasteiger partial charge >= 0.3 is 0 Å². The third-order valence-corrected chi connectivity index (χ3v) is 5.96. The van der Waals surface area contributed by atoms with E-state index in [9.17, 15) is 4.79 Å². The van der Waals surface area contributed by atoms with Gasteiger partial charge in [0.15, 0.2) is 10.9 Å². The number of nitrogens with one attached hydrogen (secondary N) is 1. The molecule has 2 aromatic heterocycles. The maximum atomic E-state index is 12.2. The highest BCUT2D eigenvalue weighted by atomic mass is 32.2. The number of benzene rings is 2. The Balaban J connectivity index is 1.40. The predicted octanol–water partition coefficient (Wildman–Crippen LogP) is 5.99. The van der Waals surface area contributed by atoms with Crippen LogP contribution < -0.4 is 10.1 Å². The number of thiazole rings is 1. The molecule has 0 bridgehead atoms. The number of furan rings is 1. The van der Waals surface area contributed by atoms with Gasteiger partial charge in [-0.2, -0.15) is 0 Å². The smallest absolute Gasteiger partial charge is 0.236 e. The number of carbonyl (C=O) groups is 1. The minimum atomic E-state index is -0.0811. The maximum absolute atomic E-state index is 12.2. The van der Waals surface area contributed by atoms with Crippen molar-refractivity contribution < 1.29 is 13.9 Å². The summed E-state index contributed by atoms with van der Waals surface area (Å²) in [6.45, 7) is 4.62. The van der Waals surface area contributed by atoms with Crippen molar-refractivity contribution in [1.82, 2.24) is 4.98 Å². The third-order valence-electron chi connectivity index (χ3n) is 4.19. The second kappa shape index (κ2) is 8.71. The van der Waals surface area contributed by atoms with Crippen LogP contribution in [0, 0.1) is 6.92 Å². The van der Waals surface area contributed by atoms with Gasteiger partial charge in [-0.3, -0.25) is 4.79 Å². The van der Waals surface area contributed by atoms with Gasteiger partial charge in [-0.25, -0.2) is 4.98 Å². The van der Waals surface area contributed by atoms with Crippen LogP contribution in [0.1, 0.15) is 12.5 Å². The fourth-order valence-electron chi connectivity index (χ4n) is 2.79. The lowest BCUT2D eigenvalue weighted by Gasteiger charge is -2.02. The fourth-order valence-corrected chi connectivity index (χ4v) is 4.20. The molecule has 0 unspecified atom stereocenters. The Morgan fingerprint density at radius 2 is 2.03 bits per heavy atom. The van der Waals surface area contributed by atoms with E-state index in [2.05, 4.69) is 10.3 Å². The molecule has 1 N–H and O–H groups in total. The van der Waals surface area contributed by atoms with Crippen molar-refractivity contribution in [2.45, 2.75) is 18.7 Å². The minimum Gasteiger partial charge on any atom is -0.494 e. The van der Waals surface area contributed by atoms with Crippen LogP contribution in [-0.2, 0) is 4.79 Å². The number of fused-ring (bicyclic) bond motifs is 1. The van der Waals surface area contributed by atoms with E-state index in [1.165, 1.54) is 28.7 Å². The average molecular weight is 425 g/mol. The molecule has 0 fully saturated rings. The monoisotopic (exact) mass is 424 g/mol. The van der Waals surface area contributed by atoms with E-state index >= 15 is 0 Å². The molecule has 0 aliphatic carbocycles. The van der Waals surface area contributed by atoms with Crippen LogP contribution in [0.25, 0.3) is 22.4 Å². The van der Waals surface area contributed by atoms with Gasteiger partial charge in [-0.15, -0.1) is 23.1 Å². The first kappa shape index (κ1) is 19.5. The second-order valence-electron chi connectivity index (χ2n) is 6.43. The van der Waals surface area contributed by atoms with Crippen LogP contribution in [0.15, 0.2) is 63.2 Å². The van der Waals surface area contributed by atoms with Crippen molar-refractivity contribution in [3.8, 4) is 17.2 Å². The highest BCUT2D eigenvalue weighted by Crippen LogP contribution is 2.32. The first-order valence-corrected chi connectivity index (χ1v) is 11.1. The first-order valence-electron chi connectivity index (χ1n) is 9.22. The lowest BCUT2D eigenvalue weighted by Crippen LogP contribution is -2.13. The summed E-state index contributed by atoms with van der Waals surface area (Å²) in [5, 5.41) is 6.26. The number of hydrogen-bond donors (Lipinski definition) is 1. The van der Waals surface area contributed by atoms with E-state index in [1.54, 1.807) is 0 Å². The Bertz CT molecular complexity index is 1130. The highest BCUT2D eigenvalue weighted by Gasteiger charge is 2.13. The van der Waals surface area contributed by atoms with Crippen molar-refractivity contribution in [1.29, 1.82) is 0 Å². The summed E-state index contributed by atoms with van der Waals surface area (Å²) in [5.74, 6) is 1.73. The Labute approximate surface area is 177 Å². The van der Waals surface area contributed by atoms with Crippen LogP contribution in [0.2, 0.25) is 0 Å². The summed E-state index contributed by atoms with van der Waals surface area (Å²) >= 11 is 2.88. The zero-order chi connectivity index (χ0) is 20.2. The average Bonchev–Trinajstić information content (AvgIpc) is 3.34. The molecule has 2 aromatic carbocycles. The van der Waals surface area contributed by atoms with Gasteiger partial charge in [-0.05, 0) is 50.2 Å². The van der Waals surface area contributed by atoms with Crippen LogP contribution in [-0.4, -0.2) is 23.3 Å². The van der Waals surface area contributed by atoms with Crippen LogP contribution in [0.5, 0.6) is 5.75 Å². The maximum Gasteiger partial charge on any atom is 0.236 e. The van der Waals surface area contributed by atoms with Crippen molar-refractivity contribution in [3.63, 3.8) is 0 Å². The van der Waals surface area contributed by atoms with Crippen molar-refractivity contribution in [2.24, 2.45) is 0 Å². The van der Waals surface area contributed by atoms with Gasteiger partial charge in [0.05, 0.1) is 12.4 Å². The number of thioether (sulfide) groups is 1. The van der Waals surface area contributed by atoms with Gasteiger partial charge in [0.2, 0.25) is 5.91 Å². The number of anilines is 1. The number of nitrogens with zero attached hydrogens (tertiary/aromatic N) is 1. The fraction of sp³-hybridized carbons (Fsp3) is 0.182. The lowest BCUT2D eigenvalue weighted by atomic mass is 10.2. The summed E-state index contributed by atoms with van der Waals surface area (Å²) in [6, 6.07) is 15.8. The normalized spacial score (nSPS) is 11.0. The molecular weight excluding hydrogens is 404 g/mol. The largest absolute Gasteiger partial charge is 0.494 e. The van der Waals surface area contributed by atoms with Crippen molar-refractivity contribution in [2.75, 3.05) is 17.7 Å². The molecule has 2 heterocycles. The predicted molar refractivity (Wildman–Crippen MR) is 119 cm³/mol. The summed E-state index contributed by atoms with van der Waals surface area (Å²) < 4.78 is 11.4. The van der Waals surface area contributed by atoms with E-state index in [0.717, 1.165) is 21.6 Å². The third kappa shape index (κ3) is 4.81. The van der Waals surface area contributed by atoms with Crippen LogP contribution in [0.3, 0.4) is 0 Å². The van der Waals surface area contributed by atoms with Gasteiger partial charge in [0, 0.05) is 15.7 Å². The summed E-state index contributed by atoms with van der Waals surface area (Å²) in [5.41, 5.74) is 2.68. The quantitative estimate of drug-likeness (QED) is 0.369. The molecule has 0 atom stereocenters. The van der Waals surface area contributed by atoms with E-state index in [4.69, 9.17) is 9.15 Å².